The molecule has 2 heterocycles. The van der Waals surface area contributed by atoms with Gasteiger partial charge in [-0.3, -0.25) is 9.69 Å². The fraction of sp³-hybridized carbons (Fsp3) is 0.438. The van der Waals surface area contributed by atoms with Crippen molar-refractivity contribution in [2.24, 2.45) is 0 Å². The molecule has 0 atom stereocenters. The molecule has 1 amide bonds. The number of thioether (sulfide) groups is 1. The van der Waals surface area contributed by atoms with Gasteiger partial charge in [0.2, 0.25) is 11.8 Å². The van der Waals surface area contributed by atoms with Crippen molar-refractivity contribution in [2.45, 2.75) is 11.8 Å². The number of carbonyl (C=O) groups excluding carboxylic acids is 1. The molecule has 1 N–H and O–H groups in total. The molecule has 1 aliphatic heterocycles. The van der Waals surface area contributed by atoms with Crippen molar-refractivity contribution in [1.82, 2.24) is 15.1 Å². The van der Waals surface area contributed by atoms with Gasteiger partial charge in [-0.2, -0.15) is 0 Å². The molecule has 1 aromatic heterocycles. The number of benzene rings is 1. The molecular weight excluding hydrogens is 380 g/mol. The van der Waals surface area contributed by atoms with Crippen molar-refractivity contribution in [3.8, 4) is 5.75 Å². The van der Waals surface area contributed by atoms with Crippen LogP contribution in [0.5, 0.6) is 5.75 Å². The molecule has 26 heavy (non-hydrogen) atoms. The van der Waals surface area contributed by atoms with E-state index < -0.39 is 0 Å². The maximum Gasteiger partial charge on any atom is 0.277 e. The van der Waals surface area contributed by atoms with Gasteiger partial charge in [-0.25, -0.2) is 0 Å². The van der Waals surface area contributed by atoms with Crippen LogP contribution in [0, 0.1) is 0 Å². The highest BCUT2D eigenvalue weighted by Crippen LogP contribution is 2.27. The summed E-state index contributed by atoms with van der Waals surface area (Å²) >= 11 is 7.23. The van der Waals surface area contributed by atoms with E-state index in [4.69, 9.17) is 25.5 Å². The molecule has 10 heteroatoms. The lowest BCUT2D eigenvalue weighted by atomic mass is 10.3. The Morgan fingerprint density at radius 2 is 2.19 bits per heavy atom. The first kappa shape index (κ1) is 19.0. The lowest BCUT2D eigenvalue weighted by molar-refractivity contribution is -0.113. The monoisotopic (exact) mass is 398 g/mol. The second kappa shape index (κ2) is 9.22. The highest BCUT2D eigenvalue weighted by molar-refractivity contribution is 7.99. The lowest BCUT2D eigenvalue weighted by Crippen LogP contribution is -2.35. The zero-order valence-corrected chi connectivity index (χ0v) is 15.8. The molecule has 8 nitrogen and oxygen atoms in total. The van der Waals surface area contributed by atoms with Gasteiger partial charge in [0, 0.05) is 18.8 Å². The summed E-state index contributed by atoms with van der Waals surface area (Å²) in [5.74, 6) is 1.06. The Kier molecular flexibility index (Phi) is 6.73. The molecule has 0 bridgehead atoms. The molecule has 1 fully saturated rings. The number of methoxy groups -OCH3 is 1. The molecule has 0 saturated carbocycles. The van der Waals surface area contributed by atoms with Gasteiger partial charge in [0.1, 0.15) is 5.75 Å². The predicted molar refractivity (Wildman–Crippen MR) is 97.8 cm³/mol. The number of anilines is 1. The average molecular weight is 399 g/mol. The van der Waals surface area contributed by atoms with Crippen LogP contribution in [0.15, 0.2) is 27.8 Å². The molecular formula is C16H19ClN4O4S. The van der Waals surface area contributed by atoms with E-state index in [0.29, 0.717) is 47.3 Å². The van der Waals surface area contributed by atoms with Crippen LogP contribution >= 0.6 is 23.4 Å². The van der Waals surface area contributed by atoms with Crippen molar-refractivity contribution in [3.63, 3.8) is 0 Å². The number of nitrogens with zero attached hydrogens (tertiary/aromatic N) is 3. The van der Waals surface area contributed by atoms with Gasteiger partial charge in [-0.1, -0.05) is 23.4 Å². The van der Waals surface area contributed by atoms with E-state index in [1.807, 2.05) is 0 Å². The minimum Gasteiger partial charge on any atom is -0.495 e. The number of nitrogens with one attached hydrogen (secondary N) is 1. The molecule has 1 saturated heterocycles. The van der Waals surface area contributed by atoms with Crippen LogP contribution in [-0.2, 0) is 16.1 Å². The van der Waals surface area contributed by atoms with Gasteiger partial charge in [-0.05, 0) is 18.2 Å². The third-order valence-electron chi connectivity index (χ3n) is 3.67. The maximum atomic E-state index is 12.1. The van der Waals surface area contributed by atoms with E-state index in [9.17, 15) is 4.79 Å². The van der Waals surface area contributed by atoms with Crippen LogP contribution in [-0.4, -0.2) is 60.2 Å². The van der Waals surface area contributed by atoms with E-state index in [1.165, 1.54) is 18.9 Å². The predicted octanol–water partition coefficient (Wildman–Crippen LogP) is 2.29. The Hall–Kier alpha value is -1.81. The van der Waals surface area contributed by atoms with Gasteiger partial charge in [0.05, 0.1) is 37.6 Å². The van der Waals surface area contributed by atoms with Crippen molar-refractivity contribution in [3.05, 3.63) is 29.1 Å². The molecule has 0 spiro atoms. The smallest absolute Gasteiger partial charge is 0.277 e. The molecule has 140 valence electrons. The van der Waals surface area contributed by atoms with Gasteiger partial charge in [0.15, 0.2) is 0 Å². The second-order valence-corrected chi connectivity index (χ2v) is 6.87. The average Bonchev–Trinajstić information content (AvgIpc) is 3.08. The topological polar surface area (TPSA) is 89.7 Å². The minimum absolute atomic E-state index is 0.156. The Morgan fingerprint density at radius 3 is 2.92 bits per heavy atom. The summed E-state index contributed by atoms with van der Waals surface area (Å²) < 4.78 is 16.0. The summed E-state index contributed by atoms with van der Waals surface area (Å²) in [5.41, 5.74) is 0.597. The lowest BCUT2D eigenvalue weighted by Gasteiger charge is -2.24. The zero-order valence-electron chi connectivity index (χ0n) is 14.2. The number of hydrogen-bond acceptors (Lipinski definition) is 8. The van der Waals surface area contributed by atoms with Crippen molar-refractivity contribution in [1.29, 1.82) is 0 Å². The number of carbonyl (C=O) groups is 1. The van der Waals surface area contributed by atoms with Crippen molar-refractivity contribution < 1.29 is 18.7 Å². The fourth-order valence-electron chi connectivity index (χ4n) is 2.38. The van der Waals surface area contributed by atoms with E-state index in [2.05, 4.69) is 20.4 Å². The van der Waals surface area contributed by atoms with Crippen LogP contribution in [0.3, 0.4) is 0 Å². The first-order chi connectivity index (χ1) is 12.6. The molecule has 2 aromatic rings. The Bertz CT molecular complexity index is 752. The third kappa shape index (κ3) is 5.34. The molecule has 1 aromatic carbocycles. The normalized spacial score (nSPS) is 15.0. The third-order valence-corrected chi connectivity index (χ3v) is 4.79. The first-order valence-corrected chi connectivity index (χ1v) is 9.39. The molecule has 1 aliphatic rings. The number of aromatic nitrogens is 2. The number of morpholine rings is 1. The van der Waals surface area contributed by atoms with Crippen molar-refractivity contribution >= 4 is 35.0 Å². The molecule has 0 aliphatic carbocycles. The van der Waals surface area contributed by atoms with E-state index in [-0.39, 0.29) is 11.7 Å². The summed E-state index contributed by atoms with van der Waals surface area (Å²) in [6.45, 7) is 3.71. The number of halogens is 1. The number of amides is 1. The van der Waals surface area contributed by atoms with Crippen LogP contribution < -0.4 is 10.1 Å². The molecule has 3 rings (SSSR count). The van der Waals surface area contributed by atoms with Gasteiger partial charge >= 0.3 is 0 Å². The van der Waals surface area contributed by atoms with Gasteiger partial charge in [-0.15, -0.1) is 10.2 Å². The largest absolute Gasteiger partial charge is 0.495 e. The highest BCUT2D eigenvalue weighted by Gasteiger charge is 2.15. The number of hydrogen-bond donors (Lipinski definition) is 1. The summed E-state index contributed by atoms with van der Waals surface area (Å²) in [6, 6.07) is 5.05. The first-order valence-electron chi connectivity index (χ1n) is 8.02. The summed E-state index contributed by atoms with van der Waals surface area (Å²) in [7, 11) is 1.54. The summed E-state index contributed by atoms with van der Waals surface area (Å²) in [6.07, 6.45) is 0. The fourth-order valence-corrected chi connectivity index (χ4v) is 3.22. The number of rotatable bonds is 7. The van der Waals surface area contributed by atoms with E-state index >= 15 is 0 Å². The summed E-state index contributed by atoms with van der Waals surface area (Å²) in [4.78, 5) is 14.2. The summed E-state index contributed by atoms with van der Waals surface area (Å²) in [5, 5.41) is 11.6. The Balaban J connectivity index is 1.46. The van der Waals surface area contributed by atoms with Gasteiger partial charge in [0.25, 0.3) is 5.22 Å². The zero-order chi connectivity index (χ0) is 18.4. The van der Waals surface area contributed by atoms with E-state index in [0.717, 1.165) is 13.1 Å². The highest BCUT2D eigenvalue weighted by atomic mass is 35.5. The quantitative estimate of drug-likeness (QED) is 0.710. The Labute approximate surface area is 160 Å². The Morgan fingerprint density at radius 1 is 1.38 bits per heavy atom. The van der Waals surface area contributed by atoms with Crippen LogP contribution in [0.25, 0.3) is 0 Å². The second-order valence-electron chi connectivity index (χ2n) is 5.54. The van der Waals surface area contributed by atoms with Gasteiger partial charge < -0.3 is 19.2 Å². The maximum absolute atomic E-state index is 12.1. The standard InChI is InChI=1S/C16H19ClN4O4S/c1-23-13-3-2-11(8-12(13)17)18-14(22)10-26-16-20-19-15(25-16)9-21-4-6-24-7-5-21/h2-3,8H,4-7,9-10H2,1H3,(H,18,22). The SMILES string of the molecule is COc1ccc(NC(=O)CSc2nnc(CN3CCOCC3)o2)cc1Cl. The van der Waals surface area contributed by atoms with Crippen LogP contribution in [0.1, 0.15) is 5.89 Å². The number of ether oxygens (including phenoxy) is 2. The minimum atomic E-state index is -0.191. The van der Waals surface area contributed by atoms with Crippen LogP contribution in [0.4, 0.5) is 5.69 Å². The molecule has 0 radical (unpaired) electrons. The molecule has 0 unspecified atom stereocenters. The van der Waals surface area contributed by atoms with Crippen molar-refractivity contribution in [2.75, 3.05) is 44.5 Å². The van der Waals surface area contributed by atoms with E-state index in [1.54, 1.807) is 18.2 Å². The van der Waals surface area contributed by atoms with Crippen LogP contribution in [0.2, 0.25) is 5.02 Å².